The van der Waals surface area contributed by atoms with Gasteiger partial charge in [0.1, 0.15) is 5.76 Å². The number of nitrogen functional groups attached to an aromatic ring is 1. The first kappa shape index (κ1) is 15.0. The van der Waals surface area contributed by atoms with Crippen LogP contribution in [-0.2, 0) is 16.6 Å². The first-order valence-corrected chi connectivity index (χ1v) is 7.97. The fraction of sp³-hybridized carbons (Fsp3) is 0.250. The molecular formula is C12H14BrN3O3S. The summed E-state index contributed by atoms with van der Waals surface area (Å²) in [6, 6.07) is 6.20. The Balaban J connectivity index is 2.27. The highest BCUT2D eigenvalue weighted by molar-refractivity contribution is 9.10. The minimum absolute atomic E-state index is 0.141. The van der Waals surface area contributed by atoms with Crippen LogP contribution in [0.3, 0.4) is 0 Å². The Hall–Kier alpha value is -1.38. The quantitative estimate of drug-likeness (QED) is 0.844. The van der Waals surface area contributed by atoms with Crippen LogP contribution in [0.1, 0.15) is 11.5 Å². The number of rotatable bonds is 4. The molecule has 20 heavy (non-hydrogen) atoms. The van der Waals surface area contributed by atoms with Crippen molar-refractivity contribution in [2.24, 2.45) is 0 Å². The normalized spacial score (nSPS) is 12.0. The van der Waals surface area contributed by atoms with E-state index in [0.29, 0.717) is 21.6 Å². The highest BCUT2D eigenvalue weighted by atomic mass is 79.9. The molecule has 0 saturated carbocycles. The standard InChI is InChI=1S/C12H14BrN3O3S/c1-8-5-9(15-19-8)7-16(2)20(17,18)10-3-4-12(14)11(13)6-10/h3-6H,7,14H2,1-2H3. The molecule has 108 valence electrons. The lowest BCUT2D eigenvalue weighted by Gasteiger charge is -2.16. The van der Waals surface area contributed by atoms with Gasteiger partial charge in [0.05, 0.1) is 17.1 Å². The van der Waals surface area contributed by atoms with E-state index in [2.05, 4.69) is 21.1 Å². The number of hydrogen-bond acceptors (Lipinski definition) is 5. The van der Waals surface area contributed by atoms with Gasteiger partial charge in [0.2, 0.25) is 10.0 Å². The van der Waals surface area contributed by atoms with Crippen molar-refractivity contribution < 1.29 is 12.9 Å². The molecule has 0 radical (unpaired) electrons. The van der Waals surface area contributed by atoms with Gasteiger partial charge in [-0.25, -0.2) is 8.42 Å². The van der Waals surface area contributed by atoms with Crippen molar-refractivity contribution in [2.75, 3.05) is 12.8 Å². The summed E-state index contributed by atoms with van der Waals surface area (Å²) in [5.41, 5.74) is 6.70. The summed E-state index contributed by atoms with van der Waals surface area (Å²) >= 11 is 3.22. The van der Waals surface area contributed by atoms with E-state index in [-0.39, 0.29) is 11.4 Å². The number of nitrogens with zero attached hydrogens (tertiary/aromatic N) is 2. The van der Waals surface area contributed by atoms with Crippen molar-refractivity contribution >= 4 is 31.6 Å². The Bertz CT molecular complexity index is 727. The zero-order valence-corrected chi connectivity index (χ0v) is 13.4. The Kier molecular flexibility index (Phi) is 4.17. The van der Waals surface area contributed by atoms with Gasteiger partial charge in [0.15, 0.2) is 0 Å². The molecule has 2 rings (SSSR count). The van der Waals surface area contributed by atoms with Crippen molar-refractivity contribution in [2.45, 2.75) is 18.4 Å². The summed E-state index contributed by atoms with van der Waals surface area (Å²) in [5.74, 6) is 0.640. The van der Waals surface area contributed by atoms with Crippen molar-refractivity contribution in [3.8, 4) is 0 Å². The lowest BCUT2D eigenvalue weighted by atomic mass is 10.3. The van der Waals surface area contributed by atoms with Crippen molar-refractivity contribution in [1.29, 1.82) is 0 Å². The average Bonchev–Trinajstić information content (AvgIpc) is 2.78. The predicted octanol–water partition coefficient (Wildman–Crippen LogP) is 2.15. The maximum atomic E-state index is 12.4. The van der Waals surface area contributed by atoms with Crippen LogP contribution in [-0.4, -0.2) is 24.9 Å². The largest absolute Gasteiger partial charge is 0.398 e. The van der Waals surface area contributed by atoms with E-state index in [9.17, 15) is 8.42 Å². The van der Waals surface area contributed by atoms with Crippen LogP contribution in [0.2, 0.25) is 0 Å². The molecule has 0 aliphatic rings. The van der Waals surface area contributed by atoms with E-state index in [0.717, 1.165) is 0 Å². The smallest absolute Gasteiger partial charge is 0.243 e. The van der Waals surface area contributed by atoms with Gasteiger partial charge in [-0.05, 0) is 41.1 Å². The molecule has 6 nitrogen and oxygen atoms in total. The van der Waals surface area contributed by atoms with E-state index in [1.165, 1.54) is 23.5 Å². The monoisotopic (exact) mass is 359 g/mol. The summed E-state index contributed by atoms with van der Waals surface area (Å²) in [6.07, 6.45) is 0. The first-order chi connectivity index (χ1) is 9.30. The molecule has 0 amide bonds. The minimum atomic E-state index is -3.60. The summed E-state index contributed by atoms with van der Waals surface area (Å²) in [6.45, 7) is 1.89. The van der Waals surface area contributed by atoms with Crippen molar-refractivity contribution in [3.63, 3.8) is 0 Å². The van der Waals surface area contributed by atoms with Crippen LogP contribution in [0.25, 0.3) is 0 Å². The molecule has 0 fully saturated rings. The van der Waals surface area contributed by atoms with Crippen molar-refractivity contribution in [3.05, 3.63) is 40.2 Å². The number of sulfonamides is 1. The molecule has 1 heterocycles. The fourth-order valence-corrected chi connectivity index (χ4v) is 3.35. The fourth-order valence-electron chi connectivity index (χ4n) is 1.65. The molecule has 8 heteroatoms. The van der Waals surface area contributed by atoms with Gasteiger partial charge in [-0.1, -0.05) is 5.16 Å². The lowest BCUT2D eigenvalue weighted by Crippen LogP contribution is -2.26. The number of benzene rings is 1. The summed E-state index contributed by atoms with van der Waals surface area (Å²) in [7, 11) is -2.11. The molecule has 0 bridgehead atoms. The lowest BCUT2D eigenvalue weighted by molar-refractivity contribution is 0.378. The Morgan fingerprint density at radius 1 is 1.40 bits per heavy atom. The minimum Gasteiger partial charge on any atom is -0.398 e. The predicted molar refractivity (Wildman–Crippen MR) is 78.4 cm³/mol. The van der Waals surface area contributed by atoms with Gasteiger partial charge in [0, 0.05) is 23.3 Å². The second-order valence-electron chi connectivity index (χ2n) is 4.37. The summed E-state index contributed by atoms with van der Waals surface area (Å²) < 4.78 is 31.5. The molecule has 0 unspecified atom stereocenters. The van der Waals surface area contributed by atoms with Gasteiger partial charge >= 0.3 is 0 Å². The Morgan fingerprint density at radius 2 is 2.10 bits per heavy atom. The molecule has 1 aromatic heterocycles. The SMILES string of the molecule is Cc1cc(CN(C)S(=O)(=O)c2ccc(N)c(Br)c2)no1. The third kappa shape index (κ3) is 3.02. The third-order valence-corrected chi connectivity index (χ3v) is 5.23. The van der Waals surface area contributed by atoms with Gasteiger partial charge in [-0.3, -0.25) is 0 Å². The second kappa shape index (κ2) is 5.55. The molecule has 0 aliphatic carbocycles. The van der Waals surface area contributed by atoms with Gasteiger partial charge < -0.3 is 10.3 Å². The maximum Gasteiger partial charge on any atom is 0.243 e. The van der Waals surface area contributed by atoms with E-state index < -0.39 is 10.0 Å². The van der Waals surface area contributed by atoms with Crippen LogP contribution >= 0.6 is 15.9 Å². The molecule has 0 aliphatic heterocycles. The summed E-state index contributed by atoms with van der Waals surface area (Å²) in [5, 5.41) is 3.78. The number of anilines is 1. The Morgan fingerprint density at radius 3 is 2.65 bits per heavy atom. The van der Waals surface area contributed by atoms with Crippen LogP contribution in [0.5, 0.6) is 0 Å². The third-order valence-electron chi connectivity index (χ3n) is 2.74. The highest BCUT2D eigenvalue weighted by Crippen LogP contribution is 2.25. The first-order valence-electron chi connectivity index (χ1n) is 5.74. The van der Waals surface area contributed by atoms with Gasteiger partial charge in [-0.15, -0.1) is 0 Å². The Labute approximate surface area is 125 Å². The zero-order valence-electron chi connectivity index (χ0n) is 11.0. The molecule has 1 aromatic carbocycles. The highest BCUT2D eigenvalue weighted by Gasteiger charge is 2.22. The van der Waals surface area contributed by atoms with E-state index in [4.69, 9.17) is 10.3 Å². The van der Waals surface area contributed by atoms with Gasteiger partial charge in [0.25, 0.3) is 0 Å². The topological polar surface area (TPSA) is 89.4 Å². The van der Waals surface area contributed by atoms with Crippen molar-refractivity contribution in [1.82, 2.24) is 9.46 Å². The average molecular weight is 360 g/mol. The number of halogens is 1. The number of nitrogens with two attached hydrogens (primary N) is 1. The van der Waals surface area contributed by atoms with E-state index in [1.54, 1.807) is 19.1 Å². The van der Waals surface area contributed by atoms with Crippen LogP contribution in [0, 0.1) is 6.92 Å². The summed E-state index contributed by atoms with van der Waals surface area (Å²) in [4.78, 5) is 0.168. The van der Waals surface area contributed by atoms with E-state index >= 15 is 0 Å². The molecule has 2 aromatic rings. The van der Waals surface area contributed by atoms with Crippen LogP contribution in [0.4, 0.5) is 5.69 Å². The number of aromatic nitrogens is 1. The van der Waals surface area contributed by atoms with Gasteiger partial charge in [-0.2, -0.15) is 4.31 Å². The second-order valence-corrected chi connectivity index (χ2v) is 7.27. The molecule has 0 spiro atoms. The number of aryl methyl sites for hydroxylation is 1. The van der Waals surface area contributed by atoms with E-state index in [1.807, 2.05) is 0 Å². The molecular weight excluding hydrogens is 346 g/mol. The molecule has 0 atom stereocenters. The zero-order chi connectivity index (χ0) is 14.9. The molecule has 0 saturated heterocycles. The molecule has 2 N–H and O–H groups in total. The number of hydrogen-bond donors (Lipinski definition) is 1. The van der Waals surface area contributed by atoms with Crippen LogP contribution < -0.4 is 5.73 Å². The van der Waals surface area contributed by atoms with Crippen LogP contribution in [0.15, 0.2) is 38.2 Å². The maximum absolute atomic E-state index is 12.4.